The molecule has 1 aromatic carbocycles. The predicted molar refractivity (Wildman–Crippen MR) is 85.9 cm³/mol. The van der Waals surface area contributed by atoms with Gasteiger partial charge in [0.2, 0.25) is 0 Å². The largest absolute Gasteiger partial charge is 0.366 e. The molecule has 1 aromatic rings. The van der Waals surface area contributed by atoms with Gasteiger partial charge in [-0.3, -0.25) is 0 Å². The summed E-state index contributed by atoms with van der Waals surface area (Å²) in [5, 5.41) is 0. The lowest BCUT2D eigenvalue weighted by molar-refractivity contribution is 0.302. The molecule has 2 heteroatoms. The third-order valence-electron chi connectivity index (χ3n) is 5.14. The van der Waals surface area contributed by atoms with Gasteiger partial charge in [0.25, 0.3) is 0 Å². The number of nitrogens with zero attached hydrogens (tertiary/aromatic N) is 1. The van der Waals surface area contributed by atoms with E-state index in [0.29, 0.717) is 6.54 Å². The van der Waals surface area contributed by atoms with Gasteiger partial charge in [-0.25, -0.2) is 0 Å². The van der Waals surface area contributed by atoms with Crippen molar-refractivity contribution in [2.75, 3.05) is 4.90 Å². The summed E-state index contributed by atoms with van der Waals surface area (Å²) in [4.78, 5) is 2.74. The van der Waals surface area contributed by atoms with Gasteiger partial charge in [0.05, 0.1) is 0 Å². The SMILES string of the molecule is CCC1CCCC(N(c2ccc(CN)cc2)C2CC2)C1. The summed E-state index contributed by atoms with van der Waals surface area (Å²) in [6.45, 7) is 3.00. The highest BCUT2D eigenvalue weighted by Gasteiger charge is 2.36. The van der Waals surface area contributed by atoms with Crippen molar-refractivity contribution in [2.24, 2.45) is 11.7 Å². The van der Waals surface area contributed by atoms with Gasteiger partial charge in [0, 0.05) is 24.3 Å². The van der Waals surface area contributed by atoms with E-state index in [1.54, 1.807) is 0 Å². The molecule has 0 amide bonds. The zero-order chi connectivity index (χ0) is 13.9. The molecule has 0 saturated heterocycles. The number of hydrogen-bond donors (Lipinski definition) is 1. The van der Waals surface area contributed by atoms with Gasteiger partial charge in [-0.1, -0.05) is 38.3 Å². The third-order valence-corrected chi connectivity index (χ3v) is 5.14. The monoisotopic (exact) mass is 272 g/mol. The van der Waals surface area contributed by atoms with Crippen LogP contribution in [-0.4, -0.2) is 12.1 Å². The van der Waals surface area contributed by atoms with Crippen LogP contribution in [-0.2, 0) is 6.54 Å². The van der Waals surface area contributed by atoms with Crippen LogP contribution < -0.4 is 10.6 Å². The number of hydrogen-bond acceptors (Lipinski definition) is 2. The zero-order valence-electron chi connectivity index (χ0n) is 12.7. The normalized spacial score (nSPS) is 26.5. The van der Waals surface area contributed by atoms with E-state index in [1.807, 2.05) is 0 Å². The lowest BCUT2D eigenvalue weighted by Gasteiger charge is -2.39. The molecule has 0 aromatic heterocycles. The van der Waals surface area contributed by atoms with Gasteiger partial charge in [-0.15, -0.1) is 0 Å². The van der Waals surface area contributed by atoms with Crippen LogP contribution in [0.3, 0.4) is 0 Å². The smallest absolute Gasteiger partial charge is 0.0371 e. The van der Waals surface area contributed by atoms with E-state index in [1.165, 1.54) is 56.2 Å². The summed E-state index contributed by atoms with van der Waals surface area (Å²) in [6.07, 6.45) is 9.74. The number of rotatable bonds is 5. The van der Waals surface area contributed by atoms with Crippen molar-refractivity contribution in [1.29, 1.82) is 0 Å². The highest BCUT2D eigenvalue weighted by atomic mass is 15.2. The third kappa shape index (κ3) is 3.01. The lowest BCUT2D eigenvalue weighted by atomic mass is 9.83. The molecule has 0 bridgehead atoms. The summed E-state index contributed by atoms with van der Waals surface area (Å²) in [5.74, 6) is 0.943. The van der Waals surface area contributed by atoms with Crippen molar-refractivity contribution in [3.05, 3.63) is 29.8 Å². The van der Waals surface area contributed by atoms with Crippen molar-refractivity contribution in [3.63, 3.8) is 0 Å². The van der Waals surface area contributed by atoms with Crippen molar-refractivity contribution in [1.82, 2.24) is 0 Å². The Morgan fingerprint density at radius 1 is 1.05 bits per heavy atom. The highest BCUT2D eigenvalue weighted by molar-refractivity contribution is 5.51. The maximum Gasteiger partial charge on any atom is 0.0371 e. The fraction of sp³-hybridized carbons (Fsp3) is 0.667. The molecule has 0 spiro atoms. The molecule has 0 radical (unpaired) electrons. The number of anilines is 1. The minimum absolute atomic E-state index is 0.644. The minimum atomic E-state index is 0.644. The molecule has 2 saturated carbocycles. The van der Waals surface area contributed by atoms with Gasteiger partial charge >= 0.3 is 0 Å². The Balaban J connectivity index is 1.77. The molecule has 2 unspecified atom stereocenters. The van der Waals surface area contributed by atoms with Gasteiger partial charge in [-0.2, -0.15) is 0 Å². The Bertz CT molecular complexity index is 422. The average molecular weight is 272 g/mol. The van der Waals surface area contributed by atoms with E-state index in [2.05, 4.69) is 36.1 Å². The van der Waals surface area contributed by atoms with Crippen LogP contribution in [0.1, 0.15) is 57.4 Å². The van der Waals surface area contributed by atoms with Crippen LogP contribution in [0.25, 0.3) is 0 Å². The molecular weight excluding hydrogens is 244 g/mol. The number of benzene rings is 1. The summed E-state index contributed by atoms with van der Waals surface area (Å²) in [7, 11) is 0. The van der Waals surface area contributed by atoms with Gasteiger partial charge in [0.15, 0.2) is 0 Å². The Kier molecular flexibility index (Phi) is 4.30. The van der Waals surface area contributed by atoms with E-state index in [-0.39, 0.29) is 0 Å². The Morgan fingerprint density at radius 2 is 1.80 bits per heavy atom. The van der Waals surface area contributed by atoms with Crippen LogP contribution in [0.4, 0.5) is 5.69 Å². The van der Waals surface area contributed by atoms with Crippen LogP contribution >= 0.6 is 0 Å². The van der Waals surface area contributed by atoms with Crippen LogP contribution in [0, 0.1) is 5.92 Å². The minimum Gasteiger partial charge on any atom is -0.366 e. The van der Waals surface area contributed by atoms with E-state index in [0.717, 1.165) is 18.0 Å². The maximum atomic E-state index is 5.71. The standard InChI is InChI=1S/C18H28N2/c1-2-14-4-3-5-18(12-14)20(17-10-11-17)16-8-6-15(13-19)7-9-16/h6-9,14,17-18H,2-5,10-13,19H2,1H3. The molecule has 2 aliphatic carbocycles. The first kappa shape index (κ1) is 13.9. The van der Waals surface area contributed by atoms with Crippen molar-refractivity contribution in [2.45, 2.75) is 70.5 Å². The molecule has 110 valence electrons. The average Bonchev–Trinajstić information content (AvgIpc) is 3.33. The summed E-state index contributed by atoms with van der Waals surface area (Å²) >= 11 is 0. The first-order valence-corrected chi connectivity index (χ1v) is 8.39. The Morgan fingerprint density at radius 3 is 2.40 bits per heavy atom. The van der Waals surface area contributed by atoms with Crippen LogP contribution in [0.2, 0.25) is 0 Å². The molecule has 20 heavy (non-hydrogen) atoms. The fourth-order valence-electron chi connectivity index (χ4n) is 3.76. The molecule has 2 nitrogen and oxygen atoms in total. The molecule has 0 aliphatic heterocycles. The molecule has 2 N–H and O–H groups in total. The molecule has 2 fully saturated rings. The second-order valence-corrected chi connectivity index (χ2v) is 6.60. The first-order valence-electron chi connectivity index (χ1n) is 8.39. The van der Waals surface area contributed by atoms with Gasteiger partial charge < -0.3 is 10.6 Å². The van der Waals surface area contributed by atoms with E-state index < -0.39 is 0 Å². The summed E-state index contributed by atoms with van der Waals surface area (Å²) in [6, 6.07) is 10.5. The van der Waals surface area contributed by atoms with Gasteiger partial charge in [-0.05, 0) is 49.3 Å². The zero-order valence-corrected chi connectivity index (χ0v) is 12.7. The second kappa shape index (κ2) is 6.17. The van der Waals surface area contributed by atoms with Crippen molar-refractivity contribution >= 4 is 5.69 Å². The molecule has 2 aliphatic rings. The Labute approximate surface area is 123 Å². The van der Waals surface area contributed by atoms with E-state index in [9.17, 15) is 0 Å². The topological polar surface area (TPSA) is 29.3 Å². The summed E-state index contributed by atoms with van der Waals surface area (Å²) in [5.41, 5.74) is 8.37. The van der Waals surface area contributed by atoms with Crippen molar-refractivity contribution < 1.29 is 0 Å². The molecule has 0 heterocycles. The lowest BCUT2D eigenvalue weighted by Crippen LogP contribution is -2.40. The van der Waals surface area contributed by atoms with Crippen LogP contribution in [0.5, 0.6) is 0 Å². The fourth-order valence-corrected chi connectivity index (χ4v) is 3.76. The van der Waals surface area contributed by atoms with E-state index >= 15 is 0 Å². The predicted octanol–water partition coefficient (Wildman–Crippen LogP) is 4.08. The maximum absolute atomic E-state index is 5.71. The second-order valence-electron chi connectivity index (χ2n) is 6.60. The van der Waals surface area contributed by atoms with E-state index in [4.69, 9.17) is 5.73 Å². The first-order chi connectivity index (χ1) is 9.81. The summed E-state index contributed by atoms with van der Waals surface area (Å²) < 4.78 is 0. The molecule has 2 atom stereocenters. The molecular formula is C18H28N2. The molecule has 3 rings (SSSR count). The Hall–Kier alpha value is -1.02. The number of nitrogens with two attached hydrogens (primary N) is 1. The van der Waals surface area contributed by atoms with Crippen molar-refractivity contribution in [3.8, 4) is 0 Å². The highest BCUT2D eigenvalue weighted by Crippen LogP contribution is 2.39. The quantitative estimate of drug-likeness (QED) is 0.875. The van der Waals surface area contributed by atoms with Gasteiger partial charge in [0.1, 0.15) is 0 Å². The van der Waals surface area contributed by atoms with Crippen LogP contribution in [0.15, 0.2) is 24.3 Å².